The normalized spacial score (nSPS) is 27.3. The topological polar surface area (TPSA) is 46.5 Å². The zero-order valence-corrected chi connectivity index (χ0v) is 15.5. The largest absolute Gasteiger partial charge is 0.490 e. The lowest BCUT2D eigenvalue weighted by Gasteiger charge is -2.30. The second kappa shape index (κ2) is 8.73. The lowest BCUT2D eigenvalue weighted by molar-refractivity contribution is -0.136. The van der Waals surface area contributed by atoms with Gasteiger partial charge in [-0.25, -0.2) is 0 Å². The second-order valence-electron chi connectivity index (χ2n) is 8.11. The number of rotatable bonds is 4. The lowest BCUT2D eigenvalue weighted by Crippen LogP contribution is -2.28. The van der Waals surface area contributed by atoms with Crippen molar-refractivity contribution in [3.05, 3.63) is 29.3 Å². The van der Waals surface area contributed by atoms with Crippen LogP contribution in [0.2, 0.25) is 0 Å². The Morgan fingerprint density at radius 3 is 2.80 bits per heavy atom. The Morgan fingerprint density at radius 1 is 1.12 bits per heavy atom. The minimum absolute atomic E-state index is 0.197. The summed E-state index contributed by atoms with van der Waals surface area (Å²) in [6.45, 7) is 2.39. The molecule has 3 nitrogen and oxygen atoms in total. The number of carbonyl (C=O) groups is 1. The van der Waals surface area contributed by atoms with Gasteiger partial charge in [0.15, 0.2) is 0 Å². The van der Waals surface area contributed by atoms with Crippen LogP contribution in [0.1, 0.15) is 75.8 Å². The van der Waals surface area contributed by atoms with E-state index in [1.165, 1.54) is 50.5 Å². The van der Waals surface area contributed by atoms with Crippen molar-refractivity contribution in [2.45, 2.75) is 83.7 Å². The average molecular weight is 344 g/mol. The molecule has 0 bridgehead atoms. The van der Waals surface area contributed by atoms with Gasteiger partial charge >= 0.3 is 5.97 Å². The van der Waals surface area contributed by atoms with Gasteiger partial charge in [0.2, 0.25) is 0 Å². The number of hydrogen-bond acceptors (Lipinski definition) is 2. The molecule has 1 aliphatic carbocycles. The molecule has 1 aromatic rings. The molecule has 1 aliphatic heterocycles. The molecule has 3 atom stereocenters. The molecule has 1 fully saturated rings. The van der Waals surface area contributed by atoms with Crippen LogP contribution in [-0.4, -0.2) is 17.2 Å². The van der Waals surface area contributed by atoms with E-state index >= 15 is 0 Å². The van der Waals surface area contributed by atoms with E-state index in [1.807, 2.05) is 6.07 Å². The molecule has 25 heavy (non-hydrogen) atoms. The highest BCUT2D eigenvalue weighted by Gasteiger charge is 2.27. The summed E-state index contributed by atoms with van der Waals surface area (Å²) in [6, 6.07) is 6.29. The maximum atomic E-state index is 10.8. The highest BCUT2D eigenvalue weighted by atomic mass is 16.5. The van der Waals surface area contributed by atoms with E-state index in [9.17, 15) is 4.79 Å². The van der Waals surface area contributed by atoms with Gasteiger partial charge in [-0.3, -0.25) is 4.79 Å². The number of hydrogen-bond donors (Lipinski definition) is 1. The van der Waals surface area contributed by atoms with Crippen LogP contribution in [0.5, 0.6) is 5.75 Å². The first-order valence-corrected chi connectivity index (χ1v) is 10.1. The summed E-state index contributed by atoms with van der Waals surface area (Å²) in [5.74, 6) is 1.86. The quantitative estimate of drug-likeness (QED) is 0.796. The standard InChI is InChI=1S/C22H32O3/c1-16-5-2-3-6-18(12-9-16)20-8-4-7-19-15-17(11-14-22(23)24)10-13-21(19)25-20/h10,13,15-16,18,20H,2-9,11-12,14H2,1H3,(H,23,24). The fourth-order valence-electron chi connectivity index (χ4n) is 4.46. The Balaban J connectivity index is 1.67. The van der Waals surface area contributed by atoms with E-state index in [2.05, 4.69) is 19.1 Å². The van der Waals surface area contributed by atoms with Gasteiger partial charge in [-0.15, -0.1) is 0 Å². The number of aryl methyl sites for hydroxylation is 2. The molecular weight excluding hydrogens is 312 g/mol. The number of ether oxygens (including phenoxy) is 1. The summed E-state index contributed by atoms with van der Waals surface area (Å²) < 4.78 is 6.49. The zero-order chi connectivity index (χ0) is 17.6. The van der Waals surface area contributed by atoms with Crippen molar-refractivity contribution >= 4 is 5.97 Å². The van der Waals surface area contributed by atoms with E-state index in [-0.39, 0.29) is 6.42 Å². The molecule has 0 saturated heterocycles. The van der Waals surface area contributed by atoms with Gasteiger partial charge in [-0.2, -0.15) is 0 Å². The third-order valence-electron chi connectivity index (χ3n) is 6.04. The molecule has 3 rings (SSSR count). The maximum absolute atomic E-state index is 10.8. The van der Waals surface area contributed by atoms with Gasteiger partial charge in [0.1, 0.15) is 11.9 Å². The molecule has 0 aromatic heterocycles. The number of aliphatic carboxylic acids is 1. The van der Waals surface area contributed by atoms with E-state index in [4.69, 9.17) is 9.84 Å². The molecule has 0 spiro atoms. The van der Waals surface area contributed by atoms with Gasteiger partial charge in [0.25, 0.3) is 0 Å². The third-order valence-corrected chi connectivity index (χ3v) is 6.04. The van der Waals surface area contributed by atoms with E-state index < -0.39 is 5.97 Å². The summed E-state index contributed by atoms with van der Waals surface area (Å²) in [7, 11) is 0. The number of fused-ring (bicyclic) bond motifs is 1. The minimum atomic E-state index is -0.732. The third kappa shape index (κ3) is 5.23. The minimum Gasteiger partial charge on any atom is -0.490 e. The van der Waals surface area contributed by atoms with Crippen LogP contribution in [0.3, 0.4) is 0 Å². The Kier molecular flexibility index (Phi) is 6.39. The number of carboxylic acid groups (broad SMARTS) is 1. The fraction of sp³-hybridized carbons (Fsp3) is 0.682. The van der Waals surface area contributed by atoms with E-state index in [0.717, 1.165) is 30.1 Å². The molecule has 0 amide bonds. The Hall–Kier alpha value is -1.51. The van der Waals surface area contributed by atoms with Gasteiger partial charge in [-0.05, 0) is 67.6 Å². The Bertz CT molecular complexity index is 581. The van der Waals surface area contributed by atoms with Crippen LogP contribution in [0, 0.1) is 11.8 Å². The van der Waals surface area contributed by atoms with Gasteiger partial charge in [-0.1, -0.05) is 44.7 Å². The van der Waals surface area contributed by atoms with Gasteiger partial charge in [0.05, 0.1) is 0 Å². The molecule has 3 unspecified atom stereocenters. The molecule has 1 heterocycles. The molecule has 1 saturated carbocycles. The van der Waals surface area contributed by atoms with Crippen molar-refractivity contribution in [1.29, 1.82) is 0 Å². The summed E-state index contributed by atoms with van der Waals surface area (Å²) >= 11 is 0. The molecule has 138 valence electrons. The first-order valence-electron chi connectivity index (χ1n) is 10.1. The van der Waals surface area contributed by atoms with Crippen molar-refractivity contribution in [2.75, 3.05) is 0 Å². The first kappa shape index (κ1) is 18.3. The van der Waals surface area contributed by atoms with Crippen molar-refractivity contribution in [3.8, 4) is 5.75 Å². The molecular formula is C22H32O3. The van der Waals surface area contributed by atoms with Crippen LogP contribution in [0.4, 0.5) is 0 Å². The van der Waals surface area contributed by atoms with Crippen molar-refractivity contribution < 1.29 is 14.6 Å². The van der Waals surface area contributed by atoms with Crippen LogP contribution in [0.15, 0.2) is 18.2 Å². The second-order valence-corrected chi connectivity index (χ2v) is 8.11. The SMILES string of the molecule is CC1CCCCC(C2CCCc3cc(CCC(=O)O)ccc3O2)CC1. The summed E-state index contributed by atoms with van der Waals surface area (Å²) in [5, 5.41) is 8.87. The van der Waals surface area contributed by atoms with Crippen molar-refractivity contribution in [2.24, 2.45) is 11.8 Å². The summed E-state index contributed by atoms with van der Waals surface area (Å²) in [5.41, 5.74) is 2.38. The smallest absolute Gasteiger partial charge is 0.303 e. The monoisotopic (exact) mass is 344 g/mol. The van der Waals surface area contributed by atoms with Gasteiger partial charge < -0.3 is 9.84 Å². The van der Waals surface area contributed by atoms with Crippen molar-refractivity contribution in [3.63, 3.8) is 0 Å². The molecule has 1 N–H and O–H groups in total. The van der Waals surface area contributed by atoms with Crippen molar-refractivity contribution in [1.82, 2.24) is 0 Å². The van der Waals surface area contributed by atoms with E-state index in [1.54, 1.807) is 0 Å². The van der Waals surface area contributed by atoms with Gasteiger partial charge in [0, 0.05) is 6.42 Å². The molecule has 3 heteroatoms. The Morgan fingerprint density at radius 2 is 1.96 bits per heavy atom. The summed E-state index contributed by atoms with van der Waals surface area (Å²) in [4.78, 5) is 10.8. The highest BCUT2D eigenvalue weighted by Crippen LogP contribution is 2.35. The molecule has 0 radical (unpaired) electrons. The van der Waals surface area contributed by atoms with Crippen LogP contribution in [-0.2, 0) is 17.6 Å². The molecule has 2 aliphatic rings. The predicted octanol–water partition coefficient (Wildman–Crippen LogP) is 5.39. The van der Waals surface area contributed by atoms with E-state index in [0.29, 0.717) is 18.4 Å². The number of benzene rings is 1. The first-order chi connectivity index (χ1) is 12.1. The summed E-state index contributed by atoms with van der Waals surface area (Å²) in [6.07, 6.45) is 12.6. The molecule has 1 aromatic carbocycles. The van der Waals surface area contributed by atoms with Crippen LogP contribution in [0.25, 0.3) is 0 Å². The zero-order valence-electron chi connectivity index (χ0n) is 15.5. The fourth-order valence-corrected chi connectivity index (χ4v) is 4.46. The van der Waals surface area contributed by atoms with Crippen LogP contribution >= 0.6 is 0 Å². The average Bonchev–Trinajstić information content (AvgIpc) is 2.78. The Labute approximate surface area is 151 Å². The lowest BCUT2D eigenvalue weighted by atomic mass is 9.82. The number of carboxylic acids is 1. The highest BCUT2D eigenvalue weighted by molar-refractivity contribution is 5.67. The maximum Gasteiger partial charge on any atom is 0.303 e. The predicted molar refractivity (Wildman–Crippen MR) is 100 cm³/mol. The van der Waals surface area contributed by atoms with Crippen LogP contribution < -0.4 is 4.74 Å².